The molecular formula is C11H10F4O2. The Hall–Kier alpha value is -1.59. The number of rotatable bonds is 3. The van der Waals surface area contributed by atoms with E-state index in [1.165, 1.54) is 0 Å². The van der Waals surface area contributed by atoms with E-state index in [0.717, 1.165) is 31.2 Å². The Labute approximate surface area is 94.9 Å². The van der Waals surface area contributed by atoms with Crippen molar-refractivity contribution in [2.45, 2.75) is 25.2 Å². The van der Waals surface area contributed by atoms with Gasteiger partial charge in [-0.2, -0.15) is 13.2 Å². The minimum Gasteiger partial charge on any atom is -0.481 e. The monoisotopic (exact) mass is 250 g/mol. The maximum Gasteiger partial charge on any atom is 0.416 e. The maximum atomic E-state index is 13.8. The Morgan fingerprint density at radius 2 is 1.53 bits per heavy atom. The molecule has 0 fully saturated rings. The predicted molar refractivity (Wildman–Crippen MR) is 52.2 cm³/mol. The Morgan fingerprint density at radius 1 is 1.12 bits per heavy atom. The normalized spacial score (nSPS) is 15.4. The van der Waals surface area contributed by atoms with Crippen molar-refractivity contribution in [2.24, 2.45) is 0 Å². The van der Waals surface area contributed by atoms with Crippen LogP contribution < -0.4 is 0 Å². The van der Waals surface area contributed by atoms with Crippen LogP contribution in [0.15, 0.2) is 24.3 Å². The molecule has 0 aliphatic carbocycles. The average molecular weight is 250 g/mol. The Morgan fingerprint density at radius 3 is 1.88 bits per heavy atom. The highest BCUT2D eigenvalue weighted by molar-refractivity contribution is 5.68. The first kappa shape index (κ1) is 13.5. The summed E-state index contributed by atoms with van der Waals surface area (Å²) in [6, 6.07) is 3.36. The highest BCUT2D eigenvalue weighted by Crippen LogP contribution is 2.33. The summed E-state index contributed by atoms with van der Waals surface area (Å²) in [5.41, 5.74) is -3.17. The molecular weight excluding hydrogens is 240 g/mol. The van der Waals surface area contributed by atoms with Gasteiger partial charge in [0.1, 0.15) is 5.67 Å². The van der Waals surface area contributed by atoms with Crippen LogP contribution in [0.1, 0.15) is 24.5 Å². The summed E-state index contributed by atoms with van der Waals surface area (Å²) in [6.45, 7) is 1.02. The lowest BCUT2D eigenvalue weighted by Gasteiger charge is -2.19. The second-order valence-electron chi connectivity index (χ2n) is 3.84. The molecule has 2 nitrogen and oxygen atoms in total. The number of hydrogen-bond donors (Lipinski definition) is 1. The van der Waals surface area contributed by atoms with Crippen LogP contribution in [0, 0.1) is 0 Å². The summed E-state index contributed by atoms with van der Waals surface area (Å²) in [6.07, 6.45) is -5.28. The minimum absolute atomic E-state index is 0.0899. The maximum absolute atomic E-state index is 13.8. The summed E-state index contributed by atoms with van der Waals surface area (Å²) in [4.78, 5) is 10.4. The van der Waals surface area contributed by atoms with Crippen molar-refractivity contribution in [1.82, 2.24) is 0 Å². The molecule has 1 aromatic rings. The third-order valence-corrected chi connectivity index (χ3v) is 2.30. The molecule has 94 valence electrons. The minimum atomic E-state index is -4.49. The molecule has 17 heavy (non-hydrogen) atoms. The molecule has 1 unspecified atom stereocenters. The molecule has 6 heteroatoms. The van der Waals surface area contributed by atoms with Gasteiger partial charge in [0, 0.05) is 0 Å². The van der Waals surface area contributed by atoms with Crippen LogP contribution >= 0.6 is 0 Å². The lowest BCUT2D eigenvalue weighted by atomic mass is 9.93. The fraction of sp³-hybridized carbons (Fsp3) is 0.364. The fourth-order valence-corrected chi connectivity index (χ4v) is 1.39. The summed E-state index contributed by atoms with van der Waals surface area (Å²) in [7, 11) is 0. The zero-order valence-electron chi connectivity index (χ0n) is 8.88. The number of carboxylic acids is 1. The van der Waals surface area contributed by atoms with E-state index in [2.05, 4.69) is 0 Å². The van der Waals surface area contributed by atoms with Crippen LogP contribution in [-0.4, -0.2) is 11.1 Å². The molecule has 1 rings (SSSR count). The van der Waals surface area contributed by atoms with Crippen molar-refractivity contribution in [2.75, 3.05) is 0 Å². The molecule has 0 aliphatic heterocycles. The molecule has 1 atom stereocenters. The van der Waals surface area contributed by atoms with Gasteiger partial charge in [-0.25, -0.2) is 4.39 Å². The second-order valence-corrected chi connectivity index (χ2v) is 3.84. The lowest BCUT2D eigenvalue weighted by Crippen LogP contribution is -2.20. The third-order valence-electron chi connectivity index (χ3n) is 2.30. The number of hydrogen-bond acceptors (Lipinski definition) is 1. The van der Waals surface area contributed by atoms with E-state index in [0.29, 0.717) is 0 Å². The summed E-state index contributed by atoms with van der Waals surface area (Å²) >= 11 is 0. The topological polar surface area (TPSA) is 37.3 Å². The van der Waals surface area contributed by atoms with Gasteiger partial charge in [0.2, 0.25) is 0 Å². The number of carbonyl (C=O) groups is 1. The smallest absolute Gasteiger partial charge is 0.416 e. The van der Waals surface area contributed by atoms with Gasteiger partial charge in [-0.3, -0.25) is 4.79 Å². The van der Waals surface area contributed by atoms with Crippen molar-refractivity contribution in [3.63, 3.8) is 0 Å². The van der Waals surface area contributed by atoms with Gasteiger partial charge in [0.15, 0.2) is 0 Å². The van der Waals surface area contributed by atoms with Gasteiger partial charge in [0.05, 0.1) is 12.0 Å². The average Bonchev–Trinajstić information content (AvgIpc) is 2.14. The van der Waals surface area contributed by atoms with Crippen LogP contribution in [0.3, 0.4) is 0 Å². The SMILES string of the molecule is CC(F)(CC(=O)O)c1ccc(C(F)(F)F)cc1. The number of carboxylic acid groups (broad SMARTS) is 1. The molecule has 0 saturated heterocycles. The Kier molecular flexibility index (Phi) is 3.45. The molecule has 1 N–H and O–H groups in total. The highest BCUT2D eigenvalue weighted by Gasteiger charge is 2.33. The van der Waals surface area contributed by atoms with Crippen LogP contribution in [-0.2, 0) is 16.6 Å². The van der Waals surface area contributed by atoms with Gasteiger partial charge in [-0.05, 0) is 24.6 Å². The van der Waals surface area contributed by atoms with Crippen LogP contribution in [0.4, 0.5) is 17.6 Å². The number of aliphatic carboxylic acids is 1. The van der Waals surface area contributed by atoms with Crippen molar-refractivity contribution < 1.29 is 27.5 Å². The number of benzene rings is 1. The molecule has 0 spiro atoms. The summed E-state index contributed by atoms with van der Waals surface area (Å²) < 4.78 is 50.6. The molecule has 0 amide bonds. The largest absolute Gasteiger partial charge is 0.481 e. The Balaban J connectivity index is 2.98. The quantitative estimate of drug-likeness (QED) is 0.835. The molecule has 0 radical (unpaired) electrons. The lowest BCUT2D eigenvalue weighted by molar-refractivity contribution is -0.140. The first-order valence-electron chi connectivity index (χ1n) is 4.71. The van der Waals surface area contributed by atoms with Crippen molar-refractivity contribution in [1.29, 1.82) is 0 Å². The third kappa shape index (κ3) is 3.44. The van der Waals surface area contributed by atoms with Crippen molar-refractivity contribution in [3.05, 3.63) is 35.4 Å². The van der Waals surface area contributed by atoms with Gasteiger partial charge in [-0.1, -0.05) is 12.1 Å². The van der Waals surface area contributed by atoms with E-state index in [-0.39, 0.29) is 5.56 Å². The molecule has 0 aliphatic rings. The first-order chi connectivity index (χ1) is 7.63. The van der Waals surface area contributed by atoms with Crippen molar-refractivity contribution in [3.8, 4) is 0 Å². The van der Waals surface area contributed by atoms with E-state index in [1.807, 2.05) is 0 Å². The summed E-state index contributed by atoms with van der Waals surface area (Å²) in [5, 5.41) is 8.47. The second kappa shape index (κ2) is 4.35. The standard InChI is InChI=1S/C11H10F4O2/c1-10(12,6-9(16)17)7-2-4-8(5-3-7)11(13,14)15/h2-5H,6H2,1H3,(H,16,17). The Bertz CT molecular complexity index is 406. The molecule has 0 heterocycles. The van der Waals surface area contributed by atoms with Crippen molar-refractivity contribution >= 4 is 5.97 Å². The van der Waals surface area contributed by atoms with E-state index in [4.69, 9.17) is 5.11 Å². The van der Waals surface area contributed by atoms with Gasteiger partial charge >= 0.3 is 12.1 Å². The van der Waals surface area contributed by atoms with E-state index in [1.54, 1.807) is 0 Å². The fourth-order valence-electron chi connectivity index (χ4n) is 1.39. The highest BCUT2D eigenvalue weighted by atomic mass is 19.4. The first-order valence-corrected chi connectivity index (χ1v) is 4.71. The van der Waals surface area contributed by atoms with E-state index >= 15 is 0 Å². The summed E-state index contributed by atoms with van der Waals surface area (Å²) in [5.74, 6) is -1.35. The van der Waals surface area contributed by atoms with Gasteiger partial charge in [-0.15, -0.1) is 0 Å². The molecule has 1 aromatic carbocycles. The van der Waals surface area contributed by atoms with Gasteiger partial charge in [0.25, 0.3) is 0 Å². The van der Waals surface area contributed by atoms with Crippen LogP contribution in [0.2, 0.25) is 0 Å². The predicted octanol–water partition coefficient (Wildman–Crippen LogP) is 3.36. The number of halogens is 4. The van der Waals surface area contributed by atoms with Crippen LogP contribution in [0.25, 0.3) is 0 Å². The molecule has 0 aromatic heterocycles. The van der Waals surface area contributed by atoms with E-state index in [9.17, 15) is 22.4 Å². The van der Waals surface area contributed by atoms with Crippen LogP contribution in [0.5, 0.6) is 0 Å². The van der Waals surface area contributed by atoms with Gasteiger partial charge < -0.3 is 5.11 Å². The zero-order valence-corrected chi connectivity index (χ0v) is 8.88. The van der Waals surface area contributed by atoms with E-state index < -0.39 is 29.8 Å². The number of alkyl halides is 4. The molecule has 0 bridgehead atoms. The zero-order chi connectivity index (χ0) is 13.3. The molecule has 0 saturated carbocycles.